The van der Waals surface area contributed by atoms with E-state index >= 15 is 0 Å². The van der Waals surface area contributed by atoms with Crippen LogP contribution in [0.2, 0.25) is 19.6 Å². The standard InChI is InChI=1S/C13H26N2O4Si/c1-6-8-9-11(7-2)10-18-12(16)14-15-13(17)19-20(3,4)5/h11H,6-10H2,1-5H3. The molecular formula is C13H26N2O4Si. The smallest absolute Gasteiger partial charge is 0.452 e. The fraction of sp³-hybridized carbons (Fsp3) is 0.846. The molecule has 0 aliphatic rings. The zero-order valence-corrected chi connectivity index (χ0v) is 14.1. The first-order valence-corrected chi connectivity index (χ1v) is 10.5. The Bertz CT molecular complexity index is 340. The maximum atomic E-state index is 11.3. The average molecular weight is 302 g/mol. The minimum absolute atomic E-state index is 0.317. The summed E-state index contributed by atoms with van der Waals surface area (Å²) in [6.07, 6.45) is 2.52. The lowest BCUT2D eigenvalue weighted by atomic mass is 10.0. The number of rotatable bonds is 7. The summed E-state index contributed by atoms with van der Waals surface area (Å²) in [5.74, 6) is 0.336. The lowest BCUT2D eigenvalue weighted by molar-refractivity contribution is 0.130. The summed E-state index contributed by atoms with van der Waals surface area (Å²) in [5.41, 5.74) is 0. The van der Waals surface area contributed by atoms with Crippen LogP contribution < -0.4 is 0 Å². The molecule has 20 heavy (non-hydrogen) atoms. The zero-order valence-electron chi connectivity index (χ0n) is 13.1. The van der Waals surface area contributed by atoms with Crippen molar-refractivity contribution < 1.29 is 18.8 Å². The van der Waals surface area contributed by atoms with Crippen molar-refractivity contribution in [2.45, 2.75) is 59.2 Å². The highest BCUT2D eigenvalue weighted by molar-refractivity contribution is 6.71. The summed E-state index contributed by atoms with van der Waals surface area (Å²) in [7, 11) is -2.00. The summed E-state index contributed by atoms with van der Waals surface area (Å²) in [6.45, 7) is 10.0. The van der Waals surface area contributed by atoms with Crippen LogP contribution in [0.1, 0.15) is 39.5 Å². The molecule has 6 nitrogen and oxygen atoms in total. The SMILES string of the molecule is CCCCC(CC)COC(=O)N=NC(=O)O[Si](C)(C)C. The van der Waals surface area contributed by atoms with Crippen LogP contribution in [0.15, 0.2) is 10.2 Å². The topological polar surface area (TPSA) is 77.3 Å². The second-order valence-corrected chi connectivity index (χ2v) is 10.1. The van der Waals surface area contributed by atoms with Crippen LogP contribution in [0.4, 0.5) is 9.59 Å². The molecule has 0 N–H and O–H groups in total. The van der Waals surface area contributed by atoms with E-state index in [1.54, 1.807) is 0 Å². The minimum Gasteiger partial charge on any atom is -0.502 e. The second-order valence-electron chi connectivity index (χ2n) is 5.67. The lowest BCUT2D eigenvalue weighted by Gasteiger charge is -2.14. The zero-order chi connectivity index (χ0) is 15.6. The van der Waals surface area contributed by atoms with Crippen molar-refractivity contribution in [1.82, 2.24) is 0 Å². The van der Waals surface area contributed by atoms with E-state index in [4.69, 9.17) is 9.16 Å². The highest BCUT2D eigenvalue weighted by atomic mass is 28.4. The molecule has 1 unspecified atom stereocenters. The molecule has 0 saturated carbocycles. The molecule has 0 aromatic rings. The third-order valence-electron chi connectivity index (χ3n) is 2.59. The van der Waals surface area contributed by atoms with Crippen LogP contribution >= 0.6 is 0 Å². The first kappa shape index (κ1) is 18.8. The van der Waals surface area contributed by atoms with Crippen molar-refractivity contribution in [2.75, 3.05) is 6.61 Å². The summed E-state index contributed by atoms with van der Waals surface area (Å²) in [4.78, 5) is 22.6. The van der Waals surface area contributed by atoms with Crippen molar-refractivity contribution in [3.8, 4) is 0 Å². The molecule has 0 rings (SSSR count). The maximum absolute atomic E-state index is 11.3. The van der Waals surface area contributed by atoms with E-state index in [2.05, 4.69) is 24.1 Å². The number of nitrogens with zero attached hydrogens (tertiary/aromatic N) is 2. The van der Waals surface area contributed by atoms with Gasteiger partial charge in [0.25, 0.3) is 0 Å². The Balaban J connectivity index is 4.06. The molecule has 0 heterocycles. The summed E-state index contributed by atoms with van der Waals surface area (Å²) in [6, 6.07) is 0. The molecule has 0 bridgehead atoms. The van der Waals surface area contributed by atoms with E-state index < -0.39 is 20.5 Å². The van der Waals surface area contributed by atoms with Gasteiger partial charge >= 0.3 is 12.2 Å². The van der Waals surface area contributed by atoms with E-state index in [1.165, 1.54) is 0 Å². The monoisotopic (exact) mass is 302 g/mol. The number of azo groups is 1. The number of carbonyl (C=O) groups is 2. The number of hydrogen-bond acceptors (Lipinski definition) is 4. The van der Waals surface area contributed by atoms with E-state index in [9.17, 15) is 9.59 Å². The number of amides is 2. The molecule has 0 aliphatic carbocycles. The van der Waals surface area contributed by atoms with E-state index in [0.717, 1.165) is 25.7 Å². The molecule has 0 radical (unpaired) electrons. The molecule has 0 fully saturated rings. The molecule has 116 valence electrons. The first-order chi connectivity index (χ1) is 9.28. The molecule has 0 saturated heterocycles. The van der Waals surface area contributed by atoms with Gasteiger partial charge in [-0.3, -0.25) is 0 Å². The van der Waals surface area contributed by atoms with Gasteiger partial charge in [0.1, 0.15) is 0 Å². The normalized spacial score (nSPS) is 13.2. The van der Waals surface area contributed by atoms with Gasteiger partial charge in [-0.2, -0.15) is 0 Å². The Labute approximate surface area is 122 Å². The fourth-order valence-corrected chi connectivity index (χ4v) is 2.04. The van der Waals surface area contributed by atoms with Crippen molar-refractivity contribution in [3.63, 3.8) is 0 Å². The Kier molecular flexibility index (Phi) is 9.03. The molecule has 0 aliphatic heterocycles. The largest absolute Gasteiger partial charge is 0.502 e. The van der Waals surface area contributed by atoms with E-state index in [0.29, 0.717) is 12.5 Å². The average Bonchev–Trinajstić information content (AvgIpc) is 2.34. The van der Waals surface area contributed by atoms with Crippen LogP contribution in [0.5, 0.6) is 0 Å². The molecule has 0 aromatic carbocycles. The molecular weight excluding hydrogens is 276 g/mol. The van der Waals surface area contributed by atoms with Crippen molar-refractivity contribution >= 4 is 20.5 Å². The second kappa shape index (κ2) is 9.63. The Hall–Kier alpha value is -1.24. The quantitative estimate of drug-likeness (QED) is 0.501. The Morgan fingerprint density at radius 1 is 1.10 bits per heavy atom. The predicted octanol–water partition coefficient (Wildman–Crippen LogP) is 4.76. The van der Waals surface area contributed by atoms with Gasteiger partial charge < -0.3 is 9.16 Å². The molecule has 0 spiro atoms. The minimum atomic E-state index is -2.00. The third-order valence-corrected chi connectivity index (χ3v) is 3.38. The number of ether oxygens (including phenoxy) is 1. The van der Waals surface area contributed by atoms with E-state index in [1.807, 2.05) is 19.6 Å². The molecule has 1 atom stereocenters. The van der Waals surface area contributed by atoms with Gasteiger partial charge in [-0.15, -0.1) is 0 Å². The molecule has 2 amide bonds. The van der Waals surface area contributed by atoms with Gasteiger partial charge in [-0.05, 0) is 32.0 Å². The number of carbonyl (C=O) groups excluding carboxylic acids is 2. The van der Waals surface area contributed by atoms with Gasteiger partial charge in [0.05, 0.1) is 6.61 Å². The molecule has 7 heteroatoms. The highest BCUT2D eigenvalue weighted by Crippen LogP contribution is 2.13. The van der Waals surface area contributed by atoms with Gasteiger partial charge in [0.15, 0.2) is 0 Å². The summed E-state index contributed by atoms with van der Waals surface area (Å²) in [5, 5.41) is 6.41. The third kappa shape index (κ3) is 10.7. The Morgan fingerprint density at radius 2 is 1.70 bits per heavy atom. The van der Waals surface area contributed by atoms with Crippen LogP contribution in [0.25, 0.3) is 0 Å². The van der Waals surface area contributed by atoms with Crippen molar-refractivity contribution in [2.24, 2.45) is 16.1 Å². The fourth-order valence-electron chi connectivity index (χ4n) is 1.48. The highest BCUT2D eigenvalue weighted by Gasteiger charge is 2.20. The van der Waals surface area contributed by atoms with Gasteiger partial charge in [-0.25, -0.2) is 9.59 Å². The summed E-state index contributed by atoms with van der Waals surface area (Å²) >= 11 is 0. The van der Waals surface area contributed by atoms with Crippen LogP contribution in [0, 0.1) is 5.92 Å². The van der Waals surface area contributed by atoms with Gasteiger partial charge in [0, 0.05) is 0 Å². The number of unbranched alkanes of at least 4 members (excludes halogenated alkanes) is 1. The van der Waals surface area contributed by atoms with Crippen LogP contribution in [-0.4, -0.2) is 27.1 Å². The Morgan fingerprint density at radius 3 is 2.20 bits per heavy atom. The molecule has 0 aromatic heterocycles. The first-order valence-electron chi connectivity index (χ1n) is 7.10. The number of hydrogen-bond donors (Lipinski definition) is 0. The lowest BCUT2D eigenvalue weighted by Crippen LogP contribution is -2.27. The van der Waals surface area contributed by atoms with Crippen LogP contribution in [0.3, 0.4) is 0 Å². The van der Waals surface area contributed by atoms with E-state index in [-0.39, 0.29) is 0 Å². The summed E-state index contributed by atoms with van der Waals surface area (Å²) < 4.78 is 10.00. The van der Waals surface area contributed by atoms with Gasteiger partial charge in [-0.1, -0.05) is 43.3 Å². The van der Waals surface area contributed by atoms with Crippen molar-refractivity contribution in [1.29, 1.82) is 0 Å². The maximum Gasteiger partial charge on any atom is 0.452 e. The van der Waals surface area contributed by atoms with Gasteiger partial charge in [0.2, 0.25) is 8.32 Å². The predicted molar refractivity (Wildman–Crippen MR) is 79.3 cm³/mol. The van der Waals surface area contributed by atoms with Crippen molar-refractivity contribution in [3.05, 3.63) is 0 Å². The van der Waals surface area contributed by atoms with Crippen LogP contribution in [-0.2, 0) is 9.16 Å².